The minimum Gasteiger partial charge on any atom is -0.324 e. The molecular formula is C12H17N3. The van der Waals surface area contributed by atoms with Crippen LogP contribution in [0, 0.1) is 5.92 Å². The van der Waals surface area contributed by atoms with Crippen LogP contribution in [0.5, 0.6) is 0 Å². The van der Waals surface area contributed by atoms with Crippen molar-refractivity contribution in [3.8, 4) is 0 Å². The summed E-state index contributed by atoms with van der Waals surface area (Å²) in [5.41, 5.74) is 8.47. The average Bonchev–Trinajstić information content (AvgIpc) is 2.70. The Balaban J connectivity index is 2.43. The predicted molar refractivity (Wildman–Crippen MR) is 61.6 cm³/mol. The molecule has 2 aromatic rings. The fourth-order valence-electron chi connectivity index (χ4n) is 1.77. The van der Waals surface area contributed by atoms with Crippen LogP contribution < -0.4 is 5.73 Å². The Labute approximate surface area is 89.9 Å². The van der Waals surface area contributed by atoms with Crippen LogP contribution in [0.2, 0.25) is 0 Å². The molecule has 0 aliphatic carbocycles. The van der Waals surface area contributed by atoms with E-state index < -0.39 is 0 Å². The van der Waals surface area contributed by atoms with E-state index in [-0.39, 0.29) is 6.04 Å². The van der Waals surface area contributed by atoms with Gasteiger partial charge in [-0.3, -0.25) is 0 Å². The molecule has 0 aliphatic heterocycles. The van der Waals surface area contributed by atoms with Crippen molar-refractivity contribution >= 4 is 5.52 Å². The Morgan fingerprint density at radius 1 is 1.47 bits per heavy atom. The minimum atomic E-state index is 0.0786. The maximum Gasteiger partial charge on any atom is 0.0709 e. The fourth-order valence-corrected chi connectivity index (χ4v) is 1.77. The Morgan fingerprint density at radius 3 is 3.00 bits per heavy atom. The number of aromatic nitrogens is 2. The lowest BCUT2D eigenvalue weighted by Crippen LogP contribution is -2.18. The molecule has 15 heavy (non-hydrogen) atoms. The van der Waals surface area contributed by atoms with E-state index in [2.05, 4.69) is 25.0 Å². The Bertz CT molecular complexity index is 447. The normalized spacial score (nSPS) is 15.4. The highest BCUT2D eigenvalue weighted by molar-refractivity contribution is 5.54. The summed E-state index contributed by atoms with van der Waals surface area (Å²) in [6, 6.07) is 6.13. The average molecular weight is 203 g/mol. The Hall–Kier alpha value is -1.35. The van der Waals surface area contributed by atoms with Crippen LogP contribution in [-0.2, 0) is 0 Å². The molecule has 2 rings (SSSR count). The van der Waals surface area contributed by atoms with Crippen LogP contribution in [0.25, 0.3) is 5.52 Å². The molecule has 0 saturated heterocycles. The van der Waals surface area contributed by atoms with Crippen LogP contribution in [0.15, 0.2) is 30.6 Å². The molecule has 2 aromatic heterocycles. The highest BCUT2D eigenvalue weighted by atomic mass is 15.2. The van der Waals surface area contributed by atoms with Gasteiger partial charge in [-0.2, -0.15) is 5.10 Å². The van der Waals surface area contributed by atoms with Crippen molar-refractivity contribution in [3.63, 3.8) is 0 Å². The van der Waals surface area contributed by atoms with Gasteiger partial charge < -0.3 is 5.73 Å². The van der Waals surface area contributed by atoms with Crippen LogP contribution in [-0.4, -0.2) is 9.61 Å². The lowest BCUT2D eigenvalue weighted by atomic mass is 9.94. The summed E-state index contributed by atoms with van der Waals surface area (Å²) in [5, 5.41) is 4.29. The summed E-state index contributed by atoms with van der Waals surface area (Å²) in [6.07, 6.45) is 4.92. The number of hydrogen-bond donors (Lipinski definition) is 1. The van der Waals surface area contributed by atoms with E-state index in [4.69, 9.17) is 5.73 Å². The molecule has 0 saturated carbocycles. The number of hydrogen-bond acceptors (Lipinski definition) is 2. The molecule has 80 valence electrons. The van der Waals surface area contributed by atoms with Gasteiger partial charge in [0.15, 0.2) is 0 Å². The first-order valence-corrected chi connectivity index (χ1v) is 5.42. The Morgan fingerprint density at radius 2 is 2.27 bits per heavy atom. The summed E-state index contributed by atoms with van der Waals surface area (Å²) in [4.78, 5) is 0. The summed E-state index contributed by atoms with van der Waals surface area (Å²) in [6.45, 7) is 4.34. The summed E-state index contributed by atoms with van der Waals surface area (Å²) in [5.74, 6) is 0.484. The lowest BCUT2D eigenvalue weighted by Gasteiger charge is -2.17. The third kappa shape index (κ3) is 1.75. The van der Waals surface area contributed by atoms with Crippen LogP contribution >= 0.6 is 0 Å². The second-order valence-corrected chi connectivity index (χ2v) is 4.04. The number of pyridine rings is 1. The van der Waals surface area contributed by atoms with Crippen LogP contribution in [0.1, 0.15) is 31.9 Å². The topological polar surface area (TPSA) is 43.3 Å². The second kappa shape index (κ2) is 4.03. The van der Waals surface area contributed by atoms with E-state index in [1.54, 1.807) is 0 Å². The molecule has 0 spiro atoms. The highest BCUT2D eigenvalue weighted by Crippen LogP contribution is 2.24. The van der Waals surface area contributed by atoms with E-state index in [0.717, 1.165) is 17.5 Å². The van der Waals surface area contributed by atoms with E-state index in [1.165, 1.54) is 0 Å². The van der Waals surface area contributed by atoms with Gasteiger partial charge >= 0.3 is 0 Å². The third-order valence-corrected chi connectivity index (χ3v) is 3.07. The molecule has 0 fully saturated rings. The van der Waals surface area contributed by atoms with Crippen molar-refractivity contribution in [2.45, 2.75) is 26.3 Å². The molecule has 0 aliphatic rings. The first kappa shape index (κ1) is 10.2. The maximum atomic E-state index is 6.21. The lowest BCUT2D eigenvalue weighted by molar-refractivity contribution is 0.459. The first-order chi connectivity index (χ1) is 7.24. The van der Waals surface area contributed by atoms with Gasteiger partial charge in [0.1, 0.15) is 0 Å². The van der Waals surface area contributed by atoms with Crippen molar-refractivity contribution in [2.24, 2.45) is 11.7 Å². The van der Waals surface area contributed by atoms with Crippen LogP contribution in [0.3, 0.4) is 0 Å². The molecule has 0 bridgehead atoms. The predicted octanol–water partition coefficient (Wildman–Crippen LogP) is 2.38. The van der Waals surface area contributed by atoms with Gasteiger partial charge in [0, 0.05) is 17.8 Å². The Kier molecular flexibility index (Phi) is 2.73. The van der Waals surface area contributed by atoms with Gasteiger partial charge in [-0.05, 0) is 18.1 Å². The molecular weight excluding hydrogens is 186 g/mol. The molecule has 2 unspecified atom stereocenters. The van der Waals surface area contributed by atoms with E-state index in [1.807, 2.05) is 29.0 Å². The quantitative estimate of drug-likeness (QED) is 0.832. The van der Waals surface area contributed by atoms with Crippen molar-refractivity contribution in [2.75, 3.05) is 0 Å². The number of nitrogens with two attached hydrogens (primary N) is 1. The van der Waals surface area contributed by atoms with Crippen molar-refractivity contribution < 1.29 is 0 Å². The van der Waals surface area contributed by atoms with Crippen molar-refractivity contribution in [3.05, 3.63) is 36.2 Å². The molecule has 0 radical (unpaired) electrons. The molecule has 3 heteroatoms. The molecule has 2 N–H and O–H groups in total. The van der Waals surface area contributed by atoms with Gasteiger partial charge in [-0.25, -0.2) is 4.52 Å². The fraction of sp³-hybridized carbons (Fsp3) is 0.417. The monoisotopic (exact) mass is 203 g/mol. The molecule has 0 amide bonds. The highest BCUT2D eigenvalue weighted by Gasteiger charge is 2.16. The largest absolute Gasteiger partial charge is 0.324 e. The summed E-state index contributed by atoms with van der Waals surface area (Å²) >= 11 is 0. The standard InChI is InChI=1S/C12H17N3/c1-3-9(2)12(13)10-8-14-15-7-5-4-6-11(10)15/h4-9,12H,3,13H2,1-2H3. The zero-order chi connectivity index (χ0) is 10.8. The van der Waals surface area contributed by atoms with Crippen LogP contribution in [0.4, 0.5) is 0 Å². The SMILES string of the molecule is CCC(C)C(N)c1cnn2ccccc12. The van der Waals surface area contributed by atoms with E-state index in [9.17, 15) is 0 Å². The number of fused-ring (bicyclic) bond motifs is 1. The van der Waals surface area contributed by atoms with E-state index >= 15 is 0 Å². The van der Waals surface area contributed by atoms with Gasteiger partial charge in [-0.15, -0.1) is 0 Å². The van der Waals surface area contributed by atoms with Crippen molar-refractivity contribution in [1.82, 2.24) is 9.61 Å². The second-order valence-electron chi connectivity index (χ2n) is 4.04. The maximum absolute atomic E-state index is 6.21. The van der Waals surface area contributed by atoms with Crippen molar-refractivity contribution in [1.29, 1.82) is 0 Å². The smallest absolute Gasteiger partial charge is 0.0709 e. The molecule has 0 aromatic carbocycles. The minimum absolute atomic E-state index is 0.0786. The van der Waals surface area contributed by atoms with Gasteiger partial charge in [0.25, 0.3) is 0 Å². The first-order valence-electron chi connectivity index (χ1n) is 5.42. The molecule has 2 heterocycles. The summed E-state index contributed by atoms with van der Waals surface area (Å²) in [7, 11) is 0. The van der Waals surface area contributed by atoms with E-state index in [0.29, 0.717) is 5.92 Å². The number of rotatable bonds is 3. The molecule has 2 atom stereocenters. The third-order valence-electron chi connectivity index (χ3n) is 3.07. The zero-order valence-corrected chi connectivity index (χ0v) is 9.22. The van der Waals surface area contributed by atoms with Gasteiger partial charge in [-0.1, -0.05) is 26.3 Å². The number of nitrogens with zero attached hydrogens (tertiary/aromatic N) is 2. The molecule has 3 nitrogen and oxygen atoms in total. The van der Waals surface area contributed by atoms with Gasteiger partial charge in [0.05, 0.1) is 11.7 Å². The van der Waals surface area contributed by atoms with Gasteiger partial charge in [0.2, 0.25) is 0 Å². The zero-order valence-electron chi connectivity index (χ0n) is 9.22. The summed E-state index contributed by atoms with van der Waals surface area (Å²) < 4.78 is 1.87.